The van der Waals surface area contributed by atoms with Crippen LogP contribution in [-0.4, -0.2) is 50.8 Å². The van der Waals surface area contributed by atoms with E-state index in [1.165, 1.54) is 13.2 Å². The number of benzene rings is 1. The van der Waals surface area contributed by atoms with E-state index in [0.717, 1.165) is 19.3 Å². The van der Waals surface area contributed by atoms with Crippen molar-refractivity contribution in [2.24, 2.45) is 5.92 Å². The number of ether oxygens (including phenoxy) is 2. The Bertz CT molecular complexity index is 876. The minimum absolute atomic E-state index is 0.00351. The van der Waals surface area contributed by atoms with Gasteiger partial charge in [-0.2, -0.15) is 0 Å². The number of methoxy groups -OCH3 is 1. The fraction of sp³-hybridized carbons (Fsp3) is 0.619. The molecule has 1 aliphatic heterocycles. The highest BCUT2D eigenvalue weighted by Gasteiger charge is 2.23. The Morgan fingerprint density at radius 2 is 2.10 bits per heavy atom. The van der Waals surface area contributed by atoms with E-state index in [-0.39, 0.29) is 11.5 Å². The molecule has 31 heavy (non-hydrogen) atoms. The molecule has 1 aliphatic carbocycles. The van der Waals surface area contributed by atoms with Crippen LogP contribution in [0.15, 0.2) is 30.3 Å². The predicted octanol–water partition coefficient (Wildman–Crippen LogP) is 2.39. The van der Waals surface area contributed by atoms with Gasteiger partial charge < -0.3 is 24.8 Å². The molecular weight excluding hydrogens is 425 g/mol. The number of hydrogen-bond acceptors (Lipinski definition) is 7. The highest BCUT2D eigenvalue weighted by atomic mass is 32.2. The molecule has 1 unspecified atom stereocenters. The number of aliphatic hydroxyl groups is 1. The fourth-order valence-corrected chi connectivity index (χ4v) is 4.70. The van der Waals surface area contributed by atoms with Crippen LogP contribution in [0.5, 0.6) is 5.75 Å². The van der Waals surface area contributed by atoms with Gasteiger partial charge in [-0.15, -0.1) is 0 Å². The van der Waals surface area contributed by atoms with Crippen molar-refractivity contribution in [3.8, 4) is 5.75 Å². The highest BCUT2D eigenvalue weighted by molar-refractivity contribution is 7.89. The molecule has 2 atom stereocenters. The molecular formula is C21H32FN3O5S. The quantitative estimate of drug-likeness (QED) is 0.391. The molecule has 0 radical (unpaired) electrons. The molecule has 3 N–H and O–H groups in total. The van der Waals surface area contributed by atoms with E-state index in [9.17, 15) is 17.9 Å². The average molecular weight is 458 g/mol. The third-order valence-electron chi connectivity index (χ3n) is 5.40. The largest absolute Gasteiger partial charge is 0.490 e. The number of aliphatic hydroxyl groups excluding tert-OH is 1. The number of rotatable bonds is 13. The molecule has 0 aromatic heterocycles. The number of hydrogen-bond donors (Lipinski definition) is 3. The summed E-state index contributed by atoms with van der Waals surface area (Å²) in [6, 6.07) is 3.97. The van der Waals surface area contributed by atoms with Crippen LogP contribution >= 0.6 is 0 Å². The van der Waals surface area contributed by atoms with Crippen molar-refractivity contribution in [3.63, 3.8) is 0 Å². The first-order chi connectivity index (χ1) is 14.8. The maximum atomic E-state index is 14.0. The predicted molar refractivity (Wildman–Crippen MR) is 115 cm³/mol. The lowest BCUT2D eigenvalue weighted by molar-refractivity contribution is 0.0274. The molecule has 1 fully saturated rings. The molecule has 1 aromatic carbocycles. The lowest BCUT2D eigenvalue weighted by Gasteiger charge is -2.20. The zero-order valence-corrected chi connectivity index (χ0v) is 18.8. The molecule has 174 valence electrons. The molecule has 3 rings (SSSR count). The summed E-state index contributed by atoms with van der Waals surface area (Å²) in [6.07, 6.45) is 5.02. The van der Waals surface area contributed by atoms with Crippen LogP contribution in [0.2, 0.25) is 0 Å². The summed E-state index contributed by atoms with van der Waals surface area (Å²) in [5.74, 6) is 0.728. The molecule has 0 bridgehead atoms. The van der Waals surface area contributed by atoms with Gasteiger partial charge in [0.1, 0.15) is 0 Å². The van der Waals surface area contributed by atoms with Gasteiger partial charge in [0.05, 0.1) is 25.7 Å². The molecule has 0 saturated heterocycles. The Kier molecular flexibility index (Phi) is 8.01. The summed E-state index contributed by atoms with van der Waals surface area (Å²) < 4.78 is 52.1. The van der Waals surface area contributed by atoms with Gasteiger partial charge in [-0.3, -0.25) is 0 Å². The molecule has 2 aliphatic rings. The van der Waals surface area contributed by atoms with E-state index in [1.807, 2.05) is 0 Å². The molecule has 10 heteroatoms. The van der Waals surface area contributed by atoms with Crippen LogP contribution in [0.3, 0.4) is 0 Å². The minimum atomic E-state index is -3.48. The van der Waals surface area contributed by atoms with E-state index in [2.05, 4.69) is 10.0 Å². The van der Waals surface area contributed by atoms with Gasteiger partial charge in [0.15, 0.2) is 11.6 Å². The van der Waals surface area contributed by atoms with Crippen LogP contribution in [0, 0.1) is 11.7 Å². The van der Waals surface area contributed by atoms with Crippen LogP contribution in [0.4, 0.5) is 4.39 Å². The Hall–Kier alpha value is -2.04. The van der Waals surface area contributed by atoms with Gasteiger partial charge in [0.2, 0.25) is 22.3 Å². The van der Waals surface area contributed by atoms with Gasteiger partial charge in [0, 0.05) is 12.6 Å². The first-order valence-corrected chi connectivity index (χ1v) is 12.3. The first kappa shape index (κ1) is 23.6. The van der Waals surface area contributed by atoms with Crippen molar-refractivity contribution in [2.75, 3.05) is 26.0 Å². The zero-order valence-electron chi connectivity index (χ0n) is 18.0. The van der Waals surface area contributed by atoms with Crippen molar-refractivity contribution in [1.29, 1.82) is 0 Å². The summed E-state index contributed by atoms with van der Waals surface area (Å²) in [4.78, 5) is 1.70. The third-order valence-corrected chi connectivity index (χ3v) is 6.94. The molecule has 8 nitrogen and oxygen atoms in total. The normalized spacial score (nSPS) is 19.7. The summed E-state index contributed by atoms with van der Waals surface area (Å²) in [5, 5.41) is 12.6. The van der Waals surface area contributed by atoms with Gasteiger partial charge in [0.25, 0.3) is 0 Å². The molecule has 0 amide bonds. The number of nitrogens with zero attached hydrogens (tertiary/aromatic N) is 1. The van der Waals surface area contributed by atoms with Gasteiger partial charge in [-0.05, 0) is 56.2 Å². The second-order valence-electron chi connectivity index (χ2n) is 8.12. The van der Waals surface area contributed by atoms with Crippen LogP contribution in [-0.2, 0) is 14.8 Å². The summed E-state index contributed by atoms with van der Waals surface area (Å²) >= 11 is 0. The summed E-state index contributed by atoms with van der Waals surface area (Å²) in [5.41, 5.74) is 0.659. The average Bonchev–Trinajstić information content (AvgIpc) is 3.48. The lowest BCUT2D eigenvalue weighted by atomic mass is 10.1. The topological polar surface area (TPSA) is 100 Å². The molecule has 1 saturated carbocycles. The van der Waals surface area contributed by atoms with Crippen molar-refractivity contribution in [1.82, 2.24) is 14.9 Å². The smallest absolute Gasteiger partial charge is 0.212 e. The third kappa shape index (κ3) is 7.26. The highest BCUT2D eigenvalue weighted by Crippen LogP contribution is 2.31. The van der Waals surface area contributed by atoms with Gasteiger partial charge in [-0.1, -0.05) is 12.5 Å². The molecule has 1 heterocycles. The second kappa shape index (κ2) is 10.5. The monoisotopic (exact) mass is 457 g/mol. The van der Waals surface area contributed by atoms with E-state index in [0.29, 0.717) is 43.4 Å². The Morgan fingerprint density at radius 3 is 2.77 bits per heavy atom. The van der Waals surface area contributed by atoms with Crippen molar-refractivity contribution >= 4 is 10.0 Å². The second-order valence-corrected chi connectivity index (χ2v) is 9.99. The number of sulfonamides is 1. The first-order valence-electron chi connectivity index (χ1n) is 10.7. The van der Waals surface area contributed by atoms with Crippen molar-refractivity contribution < 1.29 is 27.4 Å². The molecule has 1 aromatic rings. The lowest BCUT2D eigenvalue weighted by Crippen LogP contribution is -2.36. The number of unbranched alkanes of at least 4 members (excludes halogenated alkanes) is 2. The van der Waals surface area contributed by atoms with Crippen LogP contribution < -0.4 is 14.8 Å². The number of halogens is 1. The van der Waals surface area contributed by atoms with E-state index in [4.69, 9.17) is 9.47 Å². The number of nitrogens with one attached hydrogen (secondary N) is 2. The Labute approximate surface area is 183 Å². The van der Waals surface area contributed by atoms with E-state index < -0.39 is 28.2 Å². The van der Waals surface area contributed by atoms with Crippen molar-refractivity contribution in [3.05, 3.63) is 41.7 Å². The molecule has 0 spiro atoms. The van der Waals surface area contributed by atoms with Gasteiger partial charge >= 0.3 is 0 Å². The maximum absolute atomic E-state index is 14.0. The van der Waals surface area contributed by atoms with Crippen molar-refractivity contribution in [2.45, 2.75) is 51.4 Å². The maximum Gasteiger partial charge on any atom is 0.212 e. The standard InChI is InChI=1S/C21H32FN3O5S/c1-15(17-8-9-18(22)19(12-17)30-14-16-6-7-16)24-31(27,28)11-5-3-4-10-25-13-20(29-2)23-21(25)26/h8-9,12-13,15-16,21,23-24,26H,3-7,10-11,14H2,1-2H3/t15-,21?/m1/s1. The van der Waals surface area contributed by atoms with Crippen LogP contribution in [0.1, 0.15) is 50.6 Å². The summed E-state index contributed by atoms with van der Waals surface area (Å²) in [6.45, 7) is 2.81. The van der Waals surface area contributed by atoms with Crippen LogP contribution in [0.25, 0.3) is 0 Å². The minimum Gasteiger partial charge on any atom is -0.490 e. The fourth-order valence-electron chi connectivity index (χ4n) is 3.32. The van der Waals surface area contributed by atoms with E-state index >= 15 is 0 Å². The Morgan fingerprint density at radius 1 is 1.32 bits per heavy atom. The zero-order chi connectivity index (χ0) is 22.4. The summed E-state index contributed by atoms with van der Waals surface area (Å²) in [7, 11) is -1.97. The van der Waals surface area contributed by atoms with Gasteiger partial charge in [-0.25, -0.2) is 17.5 Å². The Balaban J connectivity index is 1.41. The SMILES string of the molecule is COC1=CN(CCCCCS(=O)(=O)N[C@H](C)c2ccc(F)c(OCC3CC3)c2)C(O)N1. The van der Waals surface area contributed by atoms with E-state index in [1.54, 1.807) is 30.2 Å².